The van der Waals surface area contributed by atoms with Crippen molar-refractivity contribution in [2.75, 3.05) is 43.1 Å². The highest BCUT2D eigenvalue weighted by atomic mass is 16.5. The van der Waals surface area contributed by atoms with Crippen LogP contribution in [-0.2, 0) is 4.74 Å². The third-order valence-corrected chi connectivity index (χ3v) is 4.25. The number of carbonyl (C=O) groups excluding carboxylic acids is 2. The molecule has 0 radical (unpaired) electrons. The summed E-state index contributed by atoms with van der Waals surface area (Å²) in [5.74, 6) is -0.624. The van der Waals surface area contributed by atoms with Crippen molar-refractivity contribution in [3.63, 3.8) is 0 Å². The second-order valence-electron chi connectivity index (χ2n) is 6.23. The molecule has 7 heteroatoms. The van der Waals surface area contributed by atoms with Gasteiger partial charge in [-0.25, -0.2) is 4.98 Å². The second-order valence-corrected chi connectivity index (χ2v) is 6.23. The quantitative estimate of drug-likeness (QED) is 0.817. The Balaban J connectivity index is 1.75. The van der Waals surface area contributed by atoms with Crippen LogP contribution in [0.4, 0.5) is 11.4 Å². The van der Waals surface area contributed by atoms with E-state index in [0.717, 1.165) is 25.2 Å². The Morgan fingerprint density at radius 2 is 1.74 bits per heavy atom. The molecule has 2 heterocycles. The molecule has 1 aliphatic rings. The van der Waals surface area contributed by atoms with Crippen molar-refractivity contribution in [1.29, 1.82) is 0 Å². The maximum atomic E-state index is 12.7. The van der Waals surface area contributed by atoms with Gasteiger partial charge in [-0.1, -0.05) is 25.1 Å². The maximum Gasteiger partial charge on any atom is 0.274 e. The van der Waals surface area contributed by atoms with E-state index in [1.807, 2.05) is 31.2 Å². The van der Waals surface area contributed by atoms with E-state index in [9.17, 15) is 9.59 Å². The Labute approximate surface area is 158 Å². The Morgan fingerprint density at radius 3 is 2.48 bits per heavy atom. The third-order valence-electron chi connectivity index (χ3n) is 4.25. The number of hydrogen-bond donors (Lipinski definition) is 2. The number of para-hydroxylation sites is 2. The highest BCUT2D eigenvalue weighted by Gasteiger charge is 2.17. The van der Waals surface area contributed by atoms with Crippen molar-refractivity contribution in [3.8, 4) is 0 Å². The van der Waals surface area contributed by atoms with Crippen LogP contribution in [0.25, 0.3) is 0 Å². The van der Waals surface area contributed by atoms with E-state index < -0.39 is 0 Å². The standard InChI is InChI=1S/C20H24N4O3/c1-2-10-21-19(25)16-7-5-8-17(22-16)20(26)23-15-6-3-4-9-18(15)24-11-13-27-14-12-24/h3-9H,2,10-14H2,1H3,(H,21,25)(H,23,26). The summed E-state index contributed by atoms with van der Waals surface area (Å²) in [6.45, 7) is 5.43. The topological polar surface area (TPSA) is 83.6 Å². The highest BCUT2D eigenvalue weighted by molar-refractivity contribution is 6.05. The molecule has 0 atom stereocenters. The molecule has 3 rings (SSSR count). The van der Waals surface area contributed by atoms with Crippen LogP contribution in [0.3, 0.4) is 0 Å². The van der Waals surface area contributed by atoms with Gasteiger partial charge in [0, 0.05) is 19.6 Å². The Morgan fingerprint density at radius 1 is 1.04 bits per heavy atom. The van der Waals surface area contributed by atoms with Crippen molar-refractivity contribution < 1.29 is 14.3 Å². The SMILES string of the molecule is CCCNC(=O)c1cccc(C(=O)Nc2ccccc2N2CCOCC2)n1. The monoisotopic (exact) mass is 368 g/mol. The lowest BCUT2D eigenvalue weighted by molar-refractivity contribution is 0.0948. The molecule has 1 aromatic heterocycles. The first-order chi connectivity index (χ1) is 13.2. The van der Waals surface area contributed by atoms with E-state index in [0.29, 0.717) is 25.4 Å². The van der Waals surface area contributed by atoms with Crippen LogP contribution in [-0.4, -0.2) is 49.6 Å². The molecule has 0 bridgehead atoms. The molecule has 2 aromatic rings. The van der Waals surface area contributed by atoms with Crippen molar-refractivity contribution in [2.45, 2.75) is 13.3 Å². The number of rotatable bonds is 6. The van der Waals surface area contributed by atoms with Crippen LogP contribution in [0.2, 0.25) is 0 Å². The first-order valence-corrected chi connectivity index (χ1v) is 9.17. The van der Waals surface area contributed by atoms with E-state index in [1.54, 1.807) is 18.2 Å². The lowest BCUT2D eigenvalue weighted by atomic mass is 10.2. The van der Waals surface area contributed by atoms with Gasteiger partial charge in [0.2, 0.25) is 0 Å². The summed E-state index contributed by atoms with van der Waals surface area (Å²) < 4.78 is 5.40. The van der Waals surface area contributed by atoms with Gasteiger partial charge in [0.25, 0.3) is 11.8 Å². The molecule has 7 nitrogen and oxygen atoms in total. The predicted octanol–water partition coefficient (Wildman–Crippen LogP) is 2.31. The zero-order chi connectivity index (χ0) is 19.1. The molecule has 0 saturated carbocycles. The smallest absolute Gasteiger partial charge is 0.274 e. The van der Waals surface area contributed by atoms with Crippen LogP contribution in [0.1, 0.15) is 34.3 Å². The number of nitrogens with one attached hydrogen (secondary N) is 2. The van der Waals surface area contributed by atoms with E-state index in [2.05, 4.69) is 20.5 Å². The molecule has 2 amide bonds. The fraction of sp³-hybridized carbons (Fsp3) is 0.350. The molecule has 1 aromatic carbocycles. The van der Waals surface area contributed by atoms with Gasteiger partial charge >= 0.3 is 0 Å². The minimum Gasteiger partial charge on any atom is -0.378 e. The Bertz CT molecular complexity index is 803. The van der Waals surface area contributed by atoms with Crippen molar-refractivity contribution in [2.24, 2.45) is 0 Å². The van der Waals surface area contributed by atoms with Gasteiger partial charge in [-0.15, -0.1) is 0 Å². The van der Waals surface area contributed by atoms with Crippen molar-refractivity contribution in [3.05, 3.63) is 53.9 Å². The third kappa shape index (κ3) is 4.83. The van der Waals surface area contributed by atoms with Gasteiger partial charge in [-0.3, -0.25) is 9.59 Å². The predicted molar refractivity (Wildman–Crippen MR) is 104 cm³/mol. The minimum absolute atomic E-state index is 0.205. The Hall–Kier alpha value is -2.93. The minimum atomic E-state index is -0.346. The number of aromatic nitrogens is 1. The molecule has 0 unspecified atom stereocenters. The molecule has 1 aliphatic heterocycles. The van der Waals surface area contributed by atoms with Crippen molar-refractivity contribution in [1.82, 2.24) is 10.3 Å². The number of morpholine rings is 1. The van der Waals surface area contributed by atoms with Gasteiger partial charge in [0.1, 0.15) is 11.4 Å². The molecular weight excluding hydrogens is 344 g/mol. The first kappa shape index (κ1) is 18.8. The van der Waals surface area contributed by atoms with Crippen LogP contribution in [0.15, 0.2) is 42.5 Å². The van der Waals surface area contributed by atoms with Crippen LogP contribution >= 0.6 is 0 Å². The number of nitrogens with zero attached hydrogens (tertiary/aromatic N) is 2. The summed E-state index contributed by atoms with van der Waals surface area (Å²) in [7, 11) is 0. The van der Waals surface area contributed by atoms with E-state index in [1.165, 1.54) is 0 Å². The van der Waals surface area contributed by atoms with Gasteiger partial charge in [0.15, 0.2) is 0 Å². The van der Waals surface area contributed by atoms with Gasteiger partial charge in [-0.2, -0.15) is 0 Å². The molecule has 0 spiro atoms. The Kier molecular flexibility index (Phi) is 6.38. The number of anilines is 2. The molecule has 1 fully saturated rings. The molecule has 27 heavy (non-hydrogen) atoms. The van der Waals surface area contributed by atoms with Gasteiger partial charge < -0.3 is 20.3 Å². The lowest BCUT2D eigenvalue weighted by Crippen LogP contribution is -2.36. The van der Waals surface area contributed by atoms with Crippen molar-refractivity contribution >= 4 is 23.2 Å². The highest BCUT2D eigenvalue weighted by Crippen LogP contribution is 2.26. The number of hydrogen-bond acceptors (Lipinski definition) is 5. The van der Waals surface area contributed by atoms with E-state index >= 15 is 0 Å². The van der Waals surface area contributed by atoms with Gasteiger partial charge in [-0.05, 0) is 30.7 Å². The fourth-order valence-electron chi connectivity index (χ4n) is 2.86. The summed E-state index contributed by atoms with van der Waals surface area (Å²) in [5, 5.41) is 5.68. The van der Waals surface area contributed by atoms with E-state index in [-0.39, 0.29) is 23.2 Å². The largest absolute Gasteiger partial charge is 0.378 e. The van der Waals surface area contributed by atoms with Gasteiger partial charge in [0.05, 0.1) is 24.6 Å². The summed E-state index contributed by atoms with van der Waals surface area (Å²) in [4.78, 5) is 31.2. The number of carbonyl (C=O) groups is 2. The zero-order valence-corrected chi connectivity index (χ0v) is 15.4. The average Bonchev–Trinajstić information content (AvgIpc) is 2.73. The molecule has 2 N–H and O–H groups in total. The molecule has 0 aliphatic carbocycles. The van der Waals surface area contributed by atoms with E-state index in [4.69, 9.17) is 4.74 Å². The molecular formula is C20H24N4O3. The second kappa shape index (κ2) is 9.14. The summed E-state index contributed by atoms with van der Waals surface area (Å²) in [6.07, 6.45) is 0.838. The van der Waals surface area contributed by atoms with Crippen LogP contribution in [0, 0.1) is 0 Å². The summed E-state index contributed by atoms with van der Waals surface area (Å²) in [5.41, 5.74) is 2.10. The number of pyridine rings is 1. The average molecular weight is 368 g/mol. The summed E-state index contributed by atoms with van der Waals surface area (Å²) >= 11 is 0. The molecule has 1 saturated heterocycles. The first-order valence-electron chi connectivity index (χ1n) is 9.17. The normalized spacial score (nSPS) is 13.9. The maximum absolute atomic E-state index is 12.7. The van der Waals surface area contributed by atoms with Crippen LogP contribution < -0.4 is 15.5 Å². The molecule has 142 valence electrons. The number of ether oxygens (including phenoxy) is 1. The van der Waals surface area contributed by atoms with Crippen LogP contribution in [0.5, 0.6) is 0 Å². The number of benzene rings is 1. The summed E-state index contributed by atoms with van der Waals surface area (Å²) in [6, 6.07) is 12.5. The fourth-order valence-corrected chi connectivity index (χ4v) is 2.86. The number of amides is 2. The zero-order valence-electron chi connectivity index (χ0n) is 15.4. The lowest BCUT2D eigenvalue weighted by Gasteiger charge is -2.30.